The van der Waals surface area contributed by atoms with E-state index in [9.17, 15) is 14.9 Å². The van der Waals surface area contributed by atoms with Gasteiger partial charge in [0.05, 0.1) is 34.0 Å². The molecular weight excluding hydrogens is 428 g/mol. The number of carbonyl (C=O) groups is 1. The van der Waals surface area contributed by atoms with Gasteiger partial charge in [0.15, 0.2) is 6.17 Å². The van der Waals surface area contributed by atoms with Crippen LogP contribution in [0.25, 0.3) is 11.3 Å². The maximum atomic E-state index is 12.8. The molecule has 0 radical (unpaired) electrons. The number of carbonyl (C=O) groups excluding carboxylic acids is 1. The summed E-state index contributed by atoms with van der Waals surface area (Å²) < 4.78 is 5.92. The first kappa shape index (κ1) is 19.1. The van der Waals surface area contributed by atoms with Gasteiger partial charge in [-0.05, 0) is 23.8 Å². The normalized spacial score (nSPS) is 20.1. The number of fused-ring (bicyclic) bond motifs is 3. The van der Waals surface area contributed by atoms with Crippen LogP contribution in [0.5, 0.6) is 0 Å². The van der Waals surface area contributed by atoms with Gasteiger partial charge in [0.1, 0.15) is 23.1 Å². The molecule has 0 spiro atoms. The summed E-state index contributed by atoms with van der Waals surface area (Å²) >= 11 is 7.85. The SMILES string of the molecule is C[NH+]1CCc2c(sc3c2C(=O)N[C@@H](c2ccc(-c4cc([N+](=O)[O-])ccc4Cl)o2)N3)C1. The minimum atomic E-state index is -0.526. The Morgan fingerprint density at radius 3 is 2.93 bits per heavy atom. The number of furan rings is 1. The van der Waals surface area contributed by atoms with E-state index < -0.39 is 11.1 Å². The van der Waals surface area contributed by atoms with Crippen LogP contribution in [0.15, 0.2) is 34.7 Å². The Balaban J connectivity index is 1.45. The number of nitrogens with one attached hydrogen (secondary N) is 3. The lowest BCUT2D eigenvalue weighted by atomic mass is 10.0. The van der Waals surface area contributed by atoms with Crippen molar-refractivity contribution < 1.29 is 19.0 Å². The van der Waals surface area contributed by atoms with Crippen LogP contribution in [-0.4, -0.2) is 24.4 Å². The number of likely N-dealkylation sites (N-methyl/N-ethyl adjacent to an activating group) is 1. The minimum Gasteiger partial charge on any atom is -0.457 e. The molecule has 2 aromatic heterocycles. The van der Waals surface area contributed by atoms with Gasteiger partial charge in [0.25, 0.3) is 11.6 Å². The molecule has 0 bridgehead atoms. The van der Waals surface area contributed by atoms with Crippen LogP contribution < -0.4 is 15.5 Å². The number of quaternary nitrogens is 1. The molecule has 1 unspecified atom stereocenters. The molecule has 2 atom stereocenters. The molecule has 0 fully saturated rings. The minimum absolute atomic E-state index is 0.0719. The number of hydrogen-bond donors (Lipinski definition) is 3. The lowest BCUT2D eigenvalue weighted by Crippen LogP contribution is -3.08. The van der Waals surface area contributed by atoms with Crippen molar-refractivity contribution in [2.75, 3.05) is 18.9 Å². The Bertz CT molecular complexity index is 1190. The molecular formula is C20H18ClN4O4S+. The number of anilines is 1. The van der Waals surface area contributed by atoms with E-state index in [1.807, 2.05) is 0 Å². The van der Waals surface area contributed by atoms with E-state index in [2.05, 4.69) is 17.7 Å². The maximum absolute atomic E-state index is 12.8. The molecule has 154 valence electrons. The summed E-state index contributed by atoms with van der Waals surface area (Å²) in [6.45, 7) is 1.93. The number of non-ortho nitro benzene ring substituents is 1. The van der Waals surface area contributed by atoms with E-state index in [4.69, 9.17) is 16.0 Å². The molecule has 0 aliphatic carbocycles. The first-order valence-electron chi connectivity index (χ1n) is 9.48. The molecule has 0 saturated carbocycles. The van der Waals surface area contributed by atoms with Crippen LogP contribution in [0, 0.1) is 10.1 Å². The maximum Gasteiger partial charge on any atom is 0.270 e. The zero-order valence-corrected chi connectivity index (χ0v) is 17.5. The summed E-state index contributed by atoms with van der Waals surface area (Å²) in [6.07, 6.45) is 0.365. The van der Waals surface area contributed by atoms with Crippen LogP contribution in [0.4, 0.5) is 10.7 Å². The first-order chi connectivity index (χ1) is 14.4. The third-order valence-corrected chi connectivity index (χ3v) is 6.96. The quantitative estimate of drug-likeness (QED) is 0.425. The third-order valence-electron chi connectivity index (χ3n) is 5.47. The number of nitrogens with zero attached hydrogens (tertiary/aromatic N) is 1. The summed E-state index contributed by atoms with van der Waals surface area (Å²) in [6, 6.07) is 7.62. The molecule has 3 N–H and O–H groups in total. The average molecular weight is 446 g/mol. The number of hydrogen-bond acceptors (Lipinski definition) is 6. The lowest BCUT2D eigenvalue weighted by molar-refractivity contribution is -0.895. The van der Waals surface area contributed by atoms with Crippen LogP contribution in [0.3, 0.4) is 0 Å². The number of nitro benzene ring substituents is 1. The zero-order valence-electron chi connectivity index (χ0n) is 16.0. The first-order valence-corrected chi connectivity index (χ1v) is 10.7. The Labute approximate surface area is 180 Å². The fourth-order valence-corrected chi connectivity index (χ4v) is 5.54. The Kier molecular flexibility index (Phi) is 4.53. The molecule has 2 aliphatic rings. The van der Waals surface area contributed by atoms with Crippen molar-refractivity contribution in [2.45, 2.75) is 19.1 Å². The molecule has 4 heterocycles. The number of thiophene rings is 1. The Morgan fingerprint density at radius 2 is 2.13 bits per heavy atom. The van der Waals surface area contributed by atoms with Crippen molar-refractivity contribution in [2.24, 2.45) is 0 Å². The van der Waals surface area contributed by atoms with Gasteiger partial charge in [0.2, 0.25) is 0 Å². The Hall–Kier alpha value is -2.88. The van der Waals surface area contributed by atoms with E-state index >= 15 is 0 Å². The molecule has 8 nitrogen and oxygen atoms in total. The molecule has 5 rings (SSSR count). The highest BCUT2D eigenvalue weighted by Gasteiger charge is 2.35. The van der Waals surface area contributed by atoms with Crippen molar-refractivity contribution in [1.29, 1.82) is 0 Å². The van der Waals surface area contributed by atoms with Gasteiger partial charge in [-0.3, -0.25) is 14.9 Å². The molecule has 10 heteroatoms. The van der Waals surface area contributed by atoms with Gasteiger partial charge in [-0.1, -0.05) is 11.6 Å². The molecule has 2 aliphatic heterocycles. The van der Waals surface area contributed by atoms with Crippen LogP contribution in [0.1, 0.15) is 32.7 Å². The van der Waals surface area contributed by atoms with Gasteiger partial charge in [-0.25, -0.2) is 0 Å². The van der Waals surface area contributed by atoms with Gasteiger partial charge < -0.3 is 20.0 Å². The fourth-order valence-electron chi connectivity index (χ4n) is 3.94. The summed E-state index contributed by atoms with van der Waals surface area (Å²) in [7, 11) is 2.15. The largest absolute Gasteiger partial charge is 0.457 e. The van der Waals surface area contributed by atoms with Gasteiger partial charge >= 0.3 is 0 Å². The number of rotatable bonds is 3. The van der Waals surface area contributed by atoms with Crippen molar-refractivity contribution in [1.82, 2.24) is 5.32 Å². The summed E-state index contributed by atoms with van der Waals surface area (Å²) in [5.41, 5.74) is 2.25. The second-order valence-corrected chi connectivity index (χ2v) is 9.03. The van der Waals surface area contributed by atoms with Crippen LogP contribution in [-0.2, 0) is 13.0 Å². The highest BCUT2D eigenvalue weighted by Crippen LogP contribution is 2.40. The zero-order chi connectivity index (χ0) is 21.0. The molecule has 1 amide bonds. The van der Waals surface area contributed by atoms with Crippen LogP contribution in [0.2, 0.25) is 5.02 Å². The standard InChI is InChI=1S/C20H17ClN4O4S/c1-24-7-6-11-16(9-24)30-20-17(11)19(26)22-18(23-20)15-5-4-14(29-15)12-8-10(25(27)28)2-3-13(12)21/h2-5,8,18,23H,6-7,9H2,1H3,(H,22,26)/p+1/t18-/m1/s1. The highest BCUT2D eigenvalue weighted by molar-refractivity contribution is 7.16. The average Bonchev–Trinajstić information content (AvgIpc) is 3.32. The number of nitro groups is 1. The van der Waals surface area contributed by atoms with E-state index in [1.54, 1.807) is 23.5 Å². The molecule has 0 saturated heterocycles. The predicted molar refractivity (Wildman–Crippen MR) is 113 cm³/mol. The summed E-state index contributed by atoms with van der Waals surface area (Å²) in [4.78, 5) is 26.1. The van der Waals surface area contributed by atoms with E-state index in [-0.39, 0.29) is 11.6 Å². The second-order valence-electron chi connectivity index (χ2n) is 7.52. The third kappa shape index (κ3) is 3.15. The predicted octanol–water partition coefficient (Wildman–Crippen LogP) is 2.99. The molecule has 1 aromatic carbocycles. The fraction of sp³-hybridized carbons (Fsp3) is 0.250. The number of halogens is 1. The molecule has 30 heavy (non-hydrogen) atoms. The van der Waals surface area contributed by atoms with Gasteiger partial charge in [0, 0.05) is 24.1 Å². The van der Waals surface area contributed by atoms with Crippen LogP contribution >= 0.6 is 22.9 Å². The Morgan fingerprint density at radius 1 is 1.30 bits per heavy atom. The van der Waals surface area contributed by atoms with Gasteiger partial charge in [-0.15, -0.1) is 11.3 Å². The van der Waals surface area contributed by atoms with E-state index in [0.29, 0.717) is 22.1 Å². The lowest BCUT2D eigenvalue weighted by Gasteiger charge is -2.25. The second kappa shape index (κ2) is 7.12. The summed E-state index contributed by atoms with van der Waals surface area (Å²) in [5, 5.41) is 18.6. The smallest absolute Gasteiger partial charge is 0.270 e. The monoisotopic (exact) mass is 445 g/mol. The summed E-state index contributed by atoms with van der Waals surface area (Å²) in [5.74, 6) is 0.786. The van der Waals surface area contributed by atoms with E-state index in [0.717, 1.165) is 35.6 Å². The number of benzene rings is 1. The van der Waals surface area contributed by atoms with Crippen molar-refractivity contribution in [3.05, 3.63) is 67.2 Å². The highest BCUT2D eigenvalue weighted by atomic mass is 35.5. The van der Waals surface area contributed by atoms with E-state index in [1.165, 1.54) is 28.0 Å². The molecule has 3 aromatic rings. The topological polar surface area (TPSA) is 102 Å². The van der Waals surface area contributed by atoms with Crippen molar-refractivity contribution in [3.63, 3.8) is 0 Å². The van der Waals surface area contributed by atoms with Crippen molar-refractivity contribution >= 4 is 39.5 Å². The van der Waals surface area contributed by atoms with Crippen molar-refractivity contribution in [3.8, 4) is 11.3 Å². The van der Waals surface area contributed by atoms with Gasteiger partial charge in [-0.2, -0.15) is 0 Å². The number of amides is 1.